The van der Waals surface area contributed by atoms with Gasteiger partial charge in [-0.1, -0.05) is 30.3 Å². The van der Waals surface area contributed by atoms with Gasteiger partial charge in [0.05, 0.1) is 0 Å². The molecule has 1 amide bonds. The molecule has 152 valence electrons. The van der Waals surface area contributed by atoms with Gasteiger partial charge in [0, 0.05) is 29.0 Å². The highest BCUT2D eigenvalue weighted by Gasteiger charge is 2.23. The van der Waals surface area contributed by atoms with Gasteiger partial charge >= 0.3 is 11.6 Å². The number of hydrogen-bond donors (Lipinski definition) is 2. The van der Waals surface area contributed by atoms with Crippen LogP contribution >= 0.6 is 0 Å². The summed E-state index contributed by atoms with van der Waals surface area (Å²) in [5.74, 6) is -2.71. The molecule has 7 nitrogen and oxygen atoms in total. The summed E-state index contributed by atoms with van der Waals surface area (Å²) in [5.41, 5.74) is 0.248. The molecule has 0 saturated heterocycles. The molecule has 0 aliphatic rings. The number of nitrogens with one attached hydrogen (secondary N) is 1. The van der Waals surface area contributed by atoms with E-state index < -0.39 is 29.9 Å². The molecule has 0 atom stereocenters. The van der Waals surface area contributed by atoms with E-state index in [-0.39, 0.29) is 23.1 Å². The van der Waals surface area contributed by atoms with E-state index in [4.69, 9.17) is 4.42 Å². The van der Waals surface area contributed by atoms with Crippen LogP contribution in [0.25, 0.3) is 21.9 Å². The number of carboxylic acid groups (broad SMARTS) is 1. The number of aliphatic carboxylic acids is 1. The zero-order chi connectivity index (χ0) is 21.3. The van der Waals surface area contributed by atoms with Crippen LogP contribution in [-0.4, -0.2) is 40.0 Å². The first-order valence-electron chi connectivity index (χ1n) is 9.22. The molecule has 30 heavy (non-hydrogen) atoms. The minimum atomic E-state index is -1.21. The molecule has 0 spiro atoms. The van der Waals surface area contributed by atoms with E-state index in [0.29, 0.717) is 6.42 Å². The van der Waals surface area contributed by atoms with Gasteiger partial charge in [-0.15, -0.1) is 0 Å². The van der Waals surface area contributed by atoms with Crippen molar-refractivity contribution in [3.8, 4) is 0 Å². The lowest BCUT2D eigenvalue weighted by molar-refractivity contribution is -0.137. The molecule has 2 aromatic heterocycles. The van der Waals surface area contributed by atoms with E-state index in [1.807, 2.05) is 24.3 Å². The minimum absolute atomic E-state index is 0.0770. The summed E-state index contributed by atoms with van der Waals surface area (Å²) in [4.78, 5) is 40.8. The number of fused-ring (bicyclic) bond motifs is 2. The molecule has 0 unspecified atom stereocenters. The number of amides is 1. The average molecular weight is 408 g/mol. The van der Waals surface area contributed by atoms with E-state index in [2.05, 4.69) is 4.98 Å². The number of H-pyrrole nitrogens is 1. The van der Waals surface area contributed by atoms with E-state index in [1.54, 1.807) is 6.20 Å². The molecule has 4 aromatic rings. The number of rotatable bonds is 6. The second-order valence-electron chi connectivity index (χ2n) is 6.84. The summed E-state index contributed by atoms with van der Waals surface area (Å²) in [6.45, 7) is -0.505. The average Bonchev–Trinajstić information content (AvgIpc) is 3.14. The molecule has 0 saturated carbocycles. The molecule has 0 aliphatic heterocycles. The van der Waals surface area contributed by atoms with Crippen molar-refractivity contribution < 1.29 is 23.5 Å². The van der Waals surface area contributed by atoms with Crippen molar-refractivity contribution in [3.05, 3.63) is 82.1 Å². The van der Waals surface area contributed by atoms with Gasteiger partial charge in [0.15, 0.2) is 11.4 Å². The first-order chi connectivity index (χ1) is 14.4. The lowest BCUT2D eigenvalue weighted by atomic mass is 10.1. The van der Waals surface area contributed by atoms with Crippen LogP contribution in [-0.2, 0) is 11.2 Å². The number of carboxylic acids is 1. The summed E-state index contributed by atoms with van der Waals surface area (Å²) in [6, 6.07) is 12.9. The number of benzene rings is 2. The zero-order valence-corrected chi connectivity index (χ0v) is 15.7. The van der Waals surface area contributed by atoms with Gasteiger partial charge in [-0.25, -0.2) is 9.18 Å². The Labute approximate surface area is 169 Å². The molecule has 4 rings (SSSR count). The predicted molar refractivity (Wildman–Crippen MR) is 108 cm³/mol. The minimum Gasteiger partial charge on any atom is -0.480 e. The smallest absolute Gasteiger partial charge is 0.349 e. The van der Waals surface area contributed by atoms with Crippen molar-refractivity contribution in [3.63, 3.8) is 0 Å². The quantitative estimate of drug-likeness (QED) is 0.477. The highest BCUT2D eigenvalue weighted by atomic mass is 19.1. The summed E-state index contributed by atoms with van der Waals surface area (Å²) in [5, 5.41) is 10.4. The number of para-hydroxylation sites is 2. The third kappa shape index (κ3) is 3.67. The van der Waals surface area contributed by atoms with Crippen molar-refractivity contribution in [1.82, 2.24) is 9.88 Å². The number of carbonyl (C=O) groups excluding carboxylic acids is 1. The summed E-state index contributed by atoms with van der Waals surface area (Å²) < 4.78 is 18.8. The SMILES string of the molecule is O=C(O)CN(CCc1c[nH]c2ccccc12)C(=O)c1cc2cccc(F)c2oc1=O. The summed E-state index contributed by atoms with van der Waals surface area (Å²) in [7, 11) is 0. The Morgan fingerprint density at radius 2 is 1.93 bits per heavy atom. The molecule has 0 bridgehead atoms. The molecule has 0 fully saturated rings. The number of halogens is 1. The number of nitrogens with zero attached hydrogens (tertiary/aromatic N) is 1. The maximum Gasteiger partial charge on any atom is 0.349 e. The second kappa shape index (κ2) is 7.82. The third-order valence-electron chi connectivity index (χ3n) is 4.88. The van der Waals surface area contributed by atoms with Crippen molar-refractivity contribution >= 4 is 33.7 Å². The van der Waals surface area contributed by atoms with Crippen LogP contribution in [0.2, 0.25) is 0 Å². The molecule has 8 heteroatoms. The van der Waals surface area contributed by atoms with Gasteiger partial charge < -0.3 is 19.4 Å². The molecule has 2 aromatic carbocycles. The molecule has 2 heterocycles. The molecule has 0 radical (unpaired) electrons. The Kier molecular flexibility index (Phi) is 5.05. The highest BCUT2D eigenvalue weighted by molar-refractivity contribution is 5.98. The van der Waals surface area contributed by atoms with Gasteiger partial charge in [-0.2, -0.15) is 0 Å². The summed E-state index contributed by atoms with van der Waals surface area (Å²) >= 11 is 0. The van der Waals surface area contributed by atoms with Gasteiger partial charge in [-0.05, 0) is 30.2 Å². The molecular weight excluding hydrogens is 391 g/mol. The van der Waals surface area contributed by atoms with Crippen molar-refractivity contribution in [1.29, 1.82) is 0 Å². The normalized spacial score (nSPS) is 11.1. The fourth-order valence-electron chi connectivity index (χ4n) is 3.44. The lowest BCUT2D eigenvalue weighted by Crippen LogP contribution is -2.39. The molecule has 2 N–H and O–H groups in total. The maximum atomic E-state index is 13.8. The standard InChI is InChI=1S/C22H17FN2O5/c23-17-6-3-4-13-10-16(22(29)30-20(13)17)21(28)25(12-19(26)27)9-8-14-11-24-18-7-2-1-5-15(14)18/h1-7,10-11,24H,8-9,12H2,(H,26,27). The van der Waals surface area contributed by atoms with Crippen molar-refractivity contribution in [2.75, 3.05) is 13.1 Å². The Hall–Kier alpha value is -3.94. The monoisotopic (exact) mass is 408 g/mol. The van der Waals surface area contributed by atoms with Crippen LogP contribution in [0.1, 0.15) is 15.9 Å². The van der Waals surface area contributed by atoms with E-state index >= 15 is 0 Å². The molecule has 0 aliphatic carbocycles. The fraction of sp³-hybridized carbons (Fsp3) is 0.136. The maximum absolute atomic E-state index is 13.8. The number of aromatic amines is 1. The van der Waals surface area contributed by atoms with E-state index in [1.165, 1.54) is 18.2 Å². The topological polar surface area (TPSA) is 104 Å². The van der Waals surface area contributed by atoms with Gasteiger partial charge in [0.1, 0.15) is 12.1 Å². The van der Waals surface area contributed by atoms with Gasteiger partial charge in [-0.3, -0.25) is 9.59 Å². The Balaban J connectivity index is 1.64. The number of aromatic nitrogens is 1. The number of carbonyl (C=O) groups is 2. The van der Waals surface area contributed by atoms with Crippen LogP contribution in [0.15, 0.2) is 63.9 Å². The Morgan fingerprint density at radius 3 is 2.73 bits per heavy atom. The molecular formula is C22H17FN2O5. The van der Waals surface area contributed by atoms with E-state index in [0.717, 1.165) is 27.4 Å². The zero-order valence-electron chi connectivity index (χ0n) is 15.7. The van der Waals surface area contributed by atoms with Crippen LogP contribution in [0.3, 0.4) is 0 Å². The first kappa shape index (κ1) is 19.4. The fourth-order valence-corrected chi connectivity index (χ4v) is 3.44. The van der Waals surface area contributed by atoms with Gasteiger partial charge in [0.2, 0.25) is 0 Å². The second-order valence-corrected chi connectivity index (χ2v) is 6.84. The van der Waals surface area contributed by atoms with E-state index in [9.17, 15) is 23.9 Å². The largest absolute Gasteiger partial charge is 0.480 e. The van der Waals surface area contributed by atoms with Crippen molar-refractivity contribution in [2.45, 2.75) is 6.42 Å². The lowest BCUT2D eigenvalue weighted by Gasteiger charge is -2.20. The number of hydrogen-bond acceptors (Lipinski definition) is 4. The van der Waals surface area contributed by atoms with Crippen LogP contribution in [0, 0.1) is 5.82 Å². The summed E-state index contributed by atoms with van der Waals surface area (Å²) in [6.07, 6.45) is 2.19. The third-order valence-corrected chi connectivity index (χ3v) is 4.88. The highest BCUT2D eigenvalue weighted by Crippen LogP contribution is 2.20. The predicted octanol–water partition coefficient (Wildman–Crippen LogP) is 3.18. The van der Waals surface area contributed by atoms with Gasteiger partial charge in [0.25, 0.3) is 5.91 Å². The van der Waals surface area contributed by atoms with Crippen LogP contribution in [0.4, 0.5) is 4.39 Å². The van der Waals surface area contributed by atoms with Crippen LogP contribution in [0.5, 0.6) is 0 Å². The Morgan fingerprint density at radius 1 is 1.13 bits per heavy atom. The Bertz CT molecular complexity index is 1320. The van der Waals surface area contributed by atoms with Crippen LogP contribution < -0.4 is 5.63 Å². The first-order valence-corrected chi connectivity index (χ1v) is 9.22. The van der Waals surface area contributed by atoms with Crippen molar-refractivity contribution in [2.24, 2.45) is 0 Å².